The fourth-order valence-electron chi connectivity index (χ4n) is 2.97. The van der Waals surface area contributed by atoms with Crippen molar-refractivity contribution in [1.29, 1.82) is 0 Å². The minimum Gasteiger partial charge on any atom is -0.494 e. The second-order valence-electron chi connectivity index (χ2n) is 5.88. The molecule has 5 nitrogen and oxygen atoms in total. The summed E-state index contributed by atoms with van der Waals surface area (Å²) >= 11 is 7.53. The van der Waals surface area contributed by atoms with Crippen LogP contribution in [0.25, 0.3) is 0 Å². The quantitative estimate of drug-likeness (QED) is 0.797. The van der Waals surface area contributed by atoms with E-state index in [1.807, 2.05) is 25.1 Å². The number of rotatable bonds is 5. The molecule has 1 aliphatic rings. The van der Waals surface area contributed by atoms with Crippen molar-refractivity contribution in [3.8, 4) is 5.75 Å². The third kappa shape index (κ3) is 3.80. The van der Waals surface area contributed by atoms with Crippen LogP contribution < -0.4 is 15.4 Å². The van der Waals surface area contributed by atoms with Crippen LogP contribution in [0.2, 0.25) is 4.34 Å². The number of carbonyl (C=O) groups is 2. The van der Waals surface area contributed by atoms with E-state index in [1.54, 1.807) is 13.2 Å². The topological polar surface area (TPSA) is 67.4 Å². The average molecular weight is 379 g/mol. The SMILES string of the molecule is CCCC(=O)Nc1cc2c(cc1OC)NC(=O)C[C@H]2c1ccc(Cl)s1. The van der Waals surface area contributed by atoms with Crippen molar-refractivity contribution < 1.29 is 14.3 Å². The first-order valence-electron chi connectivity index (χ1n) is 8.08. The van der Waals surface area contributed by atoms with Gasteiger partial charge in [-0.1, -0.05) is 18.5 Å². The molecule has 0 radical (unpaired) electrons. The molecule has 1 atom stereocenters. The van der Waals surface area contributed by atoms with Gasteiger partial charge in [-0.05, 0) is 30.2 Å². The Morgan fingerprint density at radius 2 is 2.24 bits per heavy atom. The van der Waals surface area contributed by atoms with Gasteiger partial charge >= 0.3 is 0 Å². The highest BCUT2D eigenvalue weighted by Gasteiger charge is 2.29. The first kappa shape index (κ1) is 17.8. The number of methoxy groups -OCH3 is 1. The number of nitrogens with one attached hydrogen (secondary N) is 2. The molecule has 0 saturated heterocycles. The zero-order chi connectivity index (χ0) is 18.0. The summed E-state index contributed by atoms with van der Waals surface area (Å²) in [4.78, 5) is 25.1. The summed E-state index contributed by atoms with van der Waals surface area (Å²) < 4.78 is 6.07. The van der Waals surface area contributed by atoms with E-state index < -0.39 is 0 Å². The summed E-state index contributed by atoms with van der Waals surface area (Å²) in [6.07, 6.45) is 1.56. The molecular weight excluding hydrogens is 360 g/mol. The normalized spacial score (nSPS) is 16.1. The minimum atomic E-state index is -0.0889. The zero-order valence-corrected chi connectivity index (χ0v) is 15.6. The third-order valence-electron chi connectivity index (χ3n) is 4.10. The van der Waals surface area contributed by atoms with Crippen LogP contribution in [-0.2, 0) is 9.59 Å². The molecule has 0 unspecified atom stereocenters. The molecule has 2 amide bonds. The maximum Gasteiger partial charge on any atom is 0.225 e. The second-order valence-corrected chi connectivity index (χ2v) is 7.63. The summed E-state index contributed by atoms with van der Waals surface area (Å²) in [5.74, 6) is 0.325. The van der Waals surface area contributed by atoms with Crippen LogP contribution in [0.15, 0.2) is 24.3 Å². The lowest BCUT2D eigenvalue weighted by Crippen LogP contribution is -2.23. The predicted octanol–water partition coefficient (Wildman–Crippen LogP) is 4.62. The first-order chi connectivity index (χ1) is 12.0. The number of hydrogen-bond acceptors (Lipinski definition) is 4. The molecule has 7 heteroatoms. The number of fused-ring (bicyclic) bond motifs is 1. The van der Waals surface area contributed by atoms with Gasteiger partial charge in [0, 0.05) is 35.4 Å². The molecule has 0 saturated carbocycles. The monoisotopic (exact) mass is 378 g/mol. The van der Waals surface area contributed by atoms with Gasteiger partial charge in [-0.2, -0.15) is 0 Å². The fourth-order valence-corrected chi connectivity index (χ4v) is 4.15. The number of amides is 2. The van der Waals surface area contributed by atoms with Crippen LogP contribution in [0.4, 0.5) is 11.4 Å². The van der Waals surface area contributed by atoms with E-state index in [9.17, 15) is 9.59 Å². The van der Waals surface area contributed by atoms with E-state index in [0.29, 0.717) is 34.3 Å². The molecule has 132 valence electrons. The van der Waals surface area contributed by atoms with Crippen LogP contribution in [0.3, 0.4) is 0 Å². The standard InChI is InChI=1S/C18H19ClN2O3S/c1-3-4-17(22)21-13-7-10-11(15-5-6-16(19)25-15)8-18(23)20-12(10)9-14(13)24-2/h5-7,9,11H,3-4,8H2,1-2H3,(H,20,23)(H,21,22)/t11-/m1/s1. The minimum absolute atomic E-state index is 0.0492. The Hall–Kier alpha value is -2.05. The van der Waals surface area contributed by atoms with E-state index in [2.05, 4.69) is 10.6 Å². The first-order valence-corrected chi connectivity index (χ1v) is 9.28. The Kier molecular flexibility index (Phi) is 5.30. The lowest BCUT2D eigenvalue weighted by molar-refractivity contribution is -0.117. The maximum atomic E-state index is 12.1. The van der Waals surface area contributed by atoms with E-state index in [0.717, 1.165) is 16.9 Å². The Bertz CT molecular complexity index is 819. The summed E-state index contributed by atoms with van der Waals surface area (Å²) in [7, 11) is 1.54. The largest absolute Gasteiger partial charge is 0.494 e. The Morgan fingerprint density at radius 1 is 1.44 bits per heavy atom. The van der Waals surface area contributed by atoms with E-state index in [-0.39, 0.29) is 17.7 Å². The predicted molar refractivity (Wildman–Crippen MR) is 101 cm³/mol. The number of ether oxygens (including phenoxy) is 1. The summed E-state index contributed by atoms with van der Waals surface area (Å²) in [6, 6.07) is 7.43. The van der Waals surface area contributed by atoms with E-state index >= 15 is 0 Å². The van der Waals surface area contributed by atoms with Crippen LogP contribution in [0, 0.1) is 0 Å². The maximum absolute atomic E-state index is 12.1. The smallest absolute Gasteiger partial charge is 0.225 e. The van der Waals surface area contributed by atoms with Gasteiger partial charge in [-0.3, -0.25) is 9.59 Å². The molecule has 0 fully saturated rings. The van der Waals surface area contributed by atoms with Gasteiger partial charge in [-0.15, -0.1) is 11.3 Å². The van der Waals surface area contributed by atoms with Gasteiger partial charge < -0.3 is 15.4 Å². The van der Waals surface area contributed by atoms with Crippen molar-refractivity contribution in [2.24, 2.45) is 0 Å². The Balaban J connectivity index is 2.03. The van der Waals surface area contributed by atoms with Gasteiger partial charge in [0.1, 0.15) is 5.75 Å². The van der Waals surface area contributed by atoms with Crippen molar-refractivity contribution in [3.05, 3.63) is 39.0 Å². The van der Waals surface area contributed by atoms with Crippen LogP contribution in [0.5, 0.6) is 5.75 Å². The highest BCUT2D eigenvalue weighted by Crippen LogP contribution is 2.44. The van der Waals surface area contributed by atoms with Crippen LogP contribution in [-0.4, -0.2) is 18.9 Å². The van der Waals surface area contributed by atoms with Gasteiger partial charge in [0.15, 0.2) is 0 Å². The van der Waals surface area contributed by atoms with Crippen molar-refractivity contribution in [2.45, 2.75) is 32.1 Å². The van der Waals surface area contributed by atoms with Crippen molar-refractivity contribution in [3.63, 3.8) is 0 Å². The molecule has 2 aromatic rings. The van der Waals surface area contributed by atoms with Gasteiger partial charge in [0.05, 0.1) is 17.1 Å². The van der Waals surface area contributed by atoms with E-state index in [4.69, 9.17) is 16.3 Å². The summed E-state index contributed by atoms with van der Waals surface area (Å²) in [5.41, 5.74) is 2.27. The summed E-state index contributed by atoms with van der Waals surface area (Å²) in [6.45, 7) is 1.95. The second kappa shape index (κ2) is 7.45. The molecule has 25 heavy (non-hydrogen) atoms. The zero-order valence-electron chi connectivity index (χ0n) is 14.0. The fraction of sp³-hybridized carbons (Fsp3) is 0.333. The molecule has 0 aliphatic carbocycles. The Morgan fingerprint density at radius 3 is 2.88 bits per heavy atom. The van der Waals surface area contributed by atoms with Crippen molar-refractivity contribution in [2.75, 3.05) is 17.7 Å². The molecule has 0 bridgehead atoms. The third-order valence-corrected chi connectivity index (χ3v) is 5.44. The number of benzene rings is 1. The molecule has 2 N–H and O–H groups in total. The van der Waals surface area contributed by atoms with Crippen molar-refractivity contribution in [1.82, 2.24) is 0 Å². The van der Waals surface area contributed by atoms with Crippen LogP contribution >= 0.6 is 22.9 Å². The number of halogens is 1. The number of thiophene rings is 1. The molecule has 2 heterocycles. The molecule has 1 aliphatic heterocycles. The van der Waals surface area contributed by atoms with Gasteiger partial charge in [-0.25, -0.2) is 0 Å². The molecule has 1 aromatic heterocycles. The highest BCUT2D eigenvalue weighted by atomic mass is 35.5. The average Bonchev–Trinajstić information content (AvgIpc) is 3.00. The number of carbonyl (C=O) groups excluding carboxylic acids is 2. The lowest BCUT2D eigenvalue weighted by Gasteiger charge is -2.26. The highest BCUT2D eigenvalue weighted by molar-refractivity contribution is 7.16. The molecule has 3 rings (SSSR count). The number of hydrogen-bond donors (Lipinski definition) is 2. The van der Waals surface area contributed by atoms with Gasteiger partial charge in [0.25, 0.3) is 0 Å². The number of anilines is 2. The Labute approximate surface area is 155 Å². The van der Waals surface area contributed by atoms with E-state index in [1.165, 1.54) is 11.3 Å². The van der Waals surface area contributed by atoms with Crippen molar-refractivity contribution >= 4 is 46.1 Å². The lowest BCUT2D eigenvalue weighted by atomic mass is 9.88. The molecular formula is C18H19ClN2O3S. The van der Waals surface area contributed by atoms with Gasteiger partial charge in [0.2, 0.25) is 11.8 Å². The summed E-state index contributed by atoms with van der Waals surface area (Å²) in [5, 5.41) is 5.79. The molecule has 0 spiro atoms. The molecule has 1 aromatic carbocycles. The van der Waals surface area contributed by atoms with Crippen LogP contribution in [0.1, 0.15) is 42.5 Å².